The Labute approximate surface area is 159 Å². The summed E-state index contributed by atoms with van der Waals surface area (Å²) in [6, 6.07) is 3.80. The van der Waals surface area contributed by atoms with Crippen LogP contribution in [-0.4, -0.2) is 52.3 Å². The van der Waals surface area contributed by atoms with Crippen LogP contribution in [0.4, 0.5) is 17.8 Å². The molecule has 0 unspecified atom stereocenters. The lowest BCUT2D eigenvalue weighted by Gasteiger charge is -2.30. The van der Waals surface area contributed by atoms with Gasteiger partial charge < -0.3 is 9.80 Å². The summed E-state index contributed by atoms with van der Waals surface area (Å²) >= 11 is 0. The normalized spacial score (nSPS) is 18.1. The van der Waals surface area contributed by atoms with E-state index in [1.165, 1.54) is 38.5 Å². The average molecular weight is 366 g/mol. The Hall–Kier alpha value is -2.77. The molecule has 2 aliphatic heterocycles. The predicted octanol–water partition coefficient (Wildman–Crippen LogP) is 2.69. The zero-order valence-electron chi connectivity index (χ0n) is 15.6. The lowest BCUT2D eigenvalue weighted by Crippen LogP contribution is -2.34. The predicted molar refractivity (Wildman–Crippen MR) is 107 cm³/mol. The van der Waals surface area contributed by atoms with Crippen molar-refractivity contribution in [2.45, 2.75) is 38.5 Å². The number of hydrogen-bond acceptors (Lipinski definition) is 8. The van der Waals surface area contributed by atoms with E-state index in [-0.39, 0.29) is 0 Å². The summed E-state index contributed by atoms with van der Waals surface area (Å²) in [4.78, 5) is 22.6. The number of aromatic nitrogens is 4. The second kappa shape index (κ2) is 8.75. The van der Waals surface area contributed by atoms with E-state index in [1.54, 1.807) is 18.6 Å². The summed E-state index contributed by atoms with van der Waals surface area (Å²) in [6.45, 7) is 4.01. The highest BCUT2D eigenvalue weighted by atomic mass is 15.4. The van der Waals surface area contributed by atoms with Crippen LogP contribution in [-0.2, 0) is 0 Å². The summed E-state index contributed by atoms with van der Waals surface area (Å²) in [5.74, 6) is 2.01. The molecule has 8 nitrogen and oxygen atoms in total. The number of rotatable bonds is 5. The van der Waals surface area contributed by atoms with Gasteiger partial charge in [-0.3, -0.25) is 4.98 Å². The highest BCUT2D eigenvalue weighted by Gasteiger charge is 2.20. The van der Waals surface area contributed by atoms with Crippen LogP contribution < -0.4 is 15.2 Å². The van der Waals surface area contributed by atoms with Gasteiger partial charge in [-0.25, -0.2) is 5.43 Å². The molecule has 0 bridgehead atoms. The molecule has 0 amide bonds. The van der Waals surface area contributed by atoms with E-state index >= 15 is 0 Å². The first-order valence-corrected chi connectivity index (χ1v) is 9.83. The molecule has 2 aromatic rings. The van der Waals surface area contributed by atoms with E-state index in [0.717, 1.165) is 43.6 Å². The Balaban J connectivity index is 1.55. The van der Waals surface area contributed by atoms with Crippen LogP contribution in [0.3, 0.4) is 0 Å². The molecule has 4 rings (SSSR count). The number of anilines is 3. The summed E-state index contributed by atoms with van der Waals surface area (Å²) < 4.78 is 0. The number of hydrazone groups is 1. The first kappa shape index (κ1) is 17.6. The molecule has 2 saturated heterocycles. The van der Waals surface area contributed by atoms with Crippen LogP contribution in [0.25, 0.3) is 0 Å². The van der Waals surface area contributed by atoms with Crippen molar-refractivity contribution in [3.63, 3.8) is 0 Å². The topological polar surface area (TPSA) is 82.4 Å². The molecule has 0 saturated carbocycles. The van der Waals surface area contributed by atoms with Crippen molar-refractivity contribution < 1.29 is 0 Å². The molecule has 1 N–H and O–H groups in total. The molecule has 4 heterocycles. The standard InChI is InChI=1S/C19H26N8/c1-3-11-26(12-4-1)18-22-17(25-21-15-16-7-9-20-10-8-16)23-19(24-18)27-13-5-2-6-14-27/h7-10,15H,1-6,11-14H2,(H,22,23,24,25)/b21-15-. The Morgan fingerprint density at radius 1 is 0.778 bits per heavy atom. The zero-order valence-corrected chi connectivity index (χ0v) is 15.6. The van der Waals surface area contributed by atoms with E-state index in [2.05, 4.69) is 35.3 Å². The fraction of sp³-hybridized carbons (Fsp3) is 0.526. The summed E-state index contributed by atoms with van der Waals surface area (Å²) in [5, 5.41) is 4.29. The molecular weight excluding hydrogens is 340 g/mol. The van der Waals surface area contributed by atoms with Gasteiger partial charge in [-0.15, -0.1) is 0 Å². The van der Waals surface area contributed by atoms with Crippen molar-refractivity contribution in [1.29, 1.82) is 0 Å². The molecule has 2 aliphatic rings. The number of pyridine rings is 1. The van der Waals surface area contributed by atoms with Crippen molar-refractivity contribution in [2.24, 2.45) is 5.10 Å². The molecule has 0 atom stereocenters. The molecular formula is C19H26N8. The number of nitrogens with zero attached hydrogens (tertiary/aromatic N) is 7. The monoisotopic (exact) mass is 366 g/mol. The number of hydrogen-bond donors (Lipinski definition) is 1. The van der Waals surface area contributed by atoms with Gasteiger partial charge in [-0.05, 0) is 56.2 Å². The Bertz CT molecular complexity index is 715. The van der Waals surface area contributed by atoms with E-state index in [1.807, 2.05) is 12.1 Å². The maximum Gasteiger partial charge on any atom is 0.250 e. The van der Waals surface area contributed by atoms with Crippen molar-refractivity contribution in [3.05, 3.63) is 30.1 Å². The van der Waals surface area contributed by atoms with Crippen molar-refractivity contribution in [1.82, 2.24) is 19.9 Å². The largest absolute Gasteiger partial charge is 0.341 e. The minimum atomic E-state index is 0.497. The third-order valence-electron chi connectivity index (χ3n) is 4.97. The van der Waals surface area contributed by atoms with Crippen LogP contribution in [0.15, 0.2) is 29.6 Å². The molecule has 0 radical (unpaired) electrons. The maximum absolute atomic E-state index is 4.78. The Morgan fingerprint density at radius 3 is 1.89 bits per heavy atom. The van der Waals surface area contributed by atoms with Crippen LogP contribution in [0, 0.1) is 0 Å². The van der Waals surface area contributed by atoms with Crippen LogP contribution in [0.2, 0.25) is 0 Å². The first-order valence-electron chi connectivity index (χ1n) is 9.83. The Morgan fingerprint density at radius 2 is 1.33 bits per heavy atom. The van der Waals surface area contributed by atoms with Crippen molar-refractivity contribution >= 4 is 24.1 Å². The zero-order chi connectivity index (χ0) is 18.3. The lowest BCUT2D eigenvalue weighted by molar-refractivity contribution is 0.556. The smallest absolute Gasteiger partial charge is 0.250 e. The highest BCUT2D eigenvalue weighted by Crippen LogP contribution is 2.22. The molecule has 2 aromatic heterocycles. The van der Waals surface area contributed by atoms with Gasteiger partial charge in [0.25, 0.3) is 0 Å². The molecule has 8 heteroatoms. The second-order valence-corrected chi connectivity index (χ2v) is 7.00. The first-order chi connectivity index (χ1) is 13.4. The van der Waals surface area contributed by atoms with Gasteiger partial charge in [-0.1, -0.05) is 0 Å². The van der Waals surface area contributed by atoms with E-state index < -0.39 is 0 Å². The molecule has 27 heavy (non-hydrogen) atoms. The third-order valence-corrected chi connectivity index (χ3v) is 4.97. The summed E-state index contributed by atoms with van der Waals surface area (Å²) in [7, 11) is 0. The molecule has 2 fully saturated rings. The highest BCUT2D eigenvalue weighted by molar-refractivity contribution is 5.79. The second-order valence-electron chi connectivity index (χ2n) is 7.00. The minimum Gasteiger partial charge on any atom is -0.341 e. The lowest BCUT2D eigenvalue weighted by atomic mass is 10.1. The van der Waals surface area contributed by atoms with Gasteiger partial charge >= 0.3 is 0 Å². The van der Waals surface area contributed by atoms with E-state index in [0.29, 0.717) is 5.95 Å². The fourth-order valence-corrected chi connectivity index (χ4v) is 3.49. The van der Waals surface area contributed by atoms with Crippen molar-refractivity contribution in [3.8, 4) is 0 Å². The van der Waals surface area contributed by atoms with Crippen LogP contribution in [0.1, 0.15) is 44.1 Å². The minimum absolute atomic E-state index is 0.497. The molecule has 0 aliphatic carbocycles. The number of piperidine rings is 2. The van der Waals surface area contributed by atoms with Gasteiger partial charge in [0.1, 0.15) is 0 Å². The quantitative estimate of drug-likeness (QED) is 0.643. The van der Waals surface area contributed by atoms with Crippen LogP contribution >= 0.6 is 0 Å². The molecule has 142 valence electrons. The fourth-order valence-electron chi connectivity index (χ4n) is 3.49. The summed E-state index contributed by atoms with van der Waals surface area (Å²) in [6.07, 6.45) is 12.5. The summed E-state index contributed by atoms with van der Waals surface area (Å²) in [5.41, 5.74) is 3.96. The number of nitrogens with one attached hydrogen (secondary N) is 1. The van der Waals surface area contributed by atoms with Gasteiger partial charge in [-0.2, -0.15) is 20.1 Å². The van der Waals surface area contributed by atoms with Crippen molar-refractivity contribution in [2.75, 3.05) is 41.4 Å². The molecule has 0 spiro atoms. The maximum atomic E-state index is 4.78. The van der Waals surface area contributed by atoms with Gasteiger partial charge in [0.05, 0.1) is 6.21 Å². The van der Waals surface area contributed by atoms with E-state index in [9.17, 15) is 0 Å². The van der Waals surface area contributed by atoms with E-state index in [4.69, 9.17) is 4.98 Å². The van der Waals surface area contributed by atoms with Gasteiger partial charge in [0, 0.05) is 38.6 Å². The van der Waals surface area contributed by atoms with Gasteiger partial charge in [0.15, 0.2) is 0 Å². The van der Waals surface area contributed by atoms with Crippen LogP contribution in [0.5, 0.6) is 0 Å². The SMILES string of the molecule is C(=N/Nc1nc(N2CCCCC2)nc(N2CCCCC2)n1)/c1ccncc1. The van der Waals surface area contributed by atoms with Gasteiger partial charge in [0.2, 0.25) is 17.8 Å². The third kappa shape index (κ3) is 4.69. The average Bonchev–Trinajstić information content (AvgIpc) is 2.76. The Kier molecular flexibility index (Phi) is 5.71. The molecule has 0 aromatic carbocycles.